The lowest BCUT2D eigenvalue weighted by Gasteiger charge is -2.32. The van der Waals surface area contributed by atoms with Crippen LogP contribution in [0.3, 0.4) is 0 Å². The molecule has 0 bridgehead atoms. The average molecular weight is 634 g/mol. The summed E-state index contributed by atoms with van der Waals surface area (Å²) in [5, 5.41) is 33.4. The maximum Gasteiger partial charge on any atom is 0.326 e. The number of nitrogens with zero attached hydrogens (tertiary/aromatic N) is 1. The second kappa shape index (κ2) is 17.2. The molecule has 0 aromatic heterocycles. The smallest absolute Gasteiger partial charge is 0.326 e. The van der Waals surface area contributed by atoms with Crippen molar-refractivity contribution in [2.24, 2.45) is 0 Å². The zero-order valence-corrected chi connectivity index (χ0v) is 25.1. The van der Waals surface area contributed by atoms with Crippen LogP contribution >= 0.6 is 0 Å². The van der Waals surface area contributed by atoms with E-state index in [1.165, 1.54) is 21.0 Å². The summed E-state index contributed by atoms with van der Waals surface area (Å²) in [6, 6.07) is 0.666. The van der Waals surface area contributed by atoms with Crippen molar-refractivity contribution in [3.8, 4) is 0 Å². The van der Waals surface area contributed by atoms with E-state index < -0.39 is 90.6 Å². The predicted molar refractivity (Wildman–Crippen MR) is 156 cm³/mol. The molecule has 1 saturated heterocycles. The molecular formula is C28H39N7O10. The quantitative estimate of drug-likeness (QED) is 0.142. The van der Waals surface area contributed by atoms with Gasteiger partial charge in [0.2, 0.25) is 29.5 Å². The van der Waals surface area contributed by atoms with Gasteiger partial charge in [-0.25, -0.2) is 14.4 Å². The number of benzene rings is 1. The van der Waals surface area contributed by atoms with Crippen molar-refractivity contribution in [3.63, 3.8) is 0 Å². The molecule has 246 valence electrons. The molecule has 1 heterocycles. The summed E-state index contributed by atoms with van der Waals surface area (Å²) < 4.78 is 0. The van der Waals surface area contributed by atoms with Gasteiger partial charge in [0.25, 0.3) is 0 Å². The normalized spacial score (nSPS) is 23.8. The predicted octanol–water partition coefficient (Wildman–Crippen LogP) is -2.31. The third-order valence-electron chi connectivity index (χ3n) is 6.98. The van der Waals surface area contributed by atoms with Crippen LogP contribution in [0, 0.1) is 0 Å². The number of amides is 7. The van der Waals surface area contributed by atoms with Crippen LogP contribution in [0.15, 0.2) is 30.3 Å². The van der Waals surface area contributed by atoms with E-state index in [0.29, 0.717) is 5.56 Å². The topological polar surface area (TPSA) is 252 Å². The first-order chi connectivity index (χ1) is 21.2. The van der Waals surface area contributed by atoms with Gasteiger partial charge < -0.3 is 47.0 Å². The molecular weight excluding hydrogens is 594 g/mol. The fourth-order valence-electron chi connectivity index (χ4n) is 4.45. The Morgan fingerprint density at radius 3 is 2.02 bits per heavy atom. The van der Waals surface area contributed by atoms with Crippen molar-refractivity contribution >= 4 is 47.5 Å². The molecule has 8 N–H and O–H groups in total. The Balaban J connectivity index is 2.51. The first-order valence-corrected chi connectivity index (χ1v) is 14.1. The minimum atomic E-state index is -1.82. The number of hydrogen-bond donors (Lipinski definition) is 8. The van der Waals surface area contributed by atoms with Gasteiger partial charge in [-0.05, 0) is 25.3 Å². The zero-order chi connectivity index (χ0) is 33.7. The summed E-state index contributed by atoms with van der Waals surface area (Å²) in [7, 11) is 2.72. The van der Waals surface area contributed by atoms with Gasteiger partial charge in [0.1, 0.15) is 30.2 Å². The Labute approximate surface area is 258 Å². The van der Waals surface area contributed by atoms with E-state index in [9.17, 15) is 48.6 Å². The van der Waals surface area contributed by atoms with Crippen molar-refractivity contribution in [1.29, 1.82) is 0 Å². The van der Waals surface area contributed by atoms with Gasteiger partial charge in [-0.15, -0.1) is 0 Å². The van der Waals surface area contributed by atoms with Gasteiger partial charge in [-0.2, -0.15) is 0 Å². The third kappa shape index (κ3) is 11.4. The molecule has 1 aromatic rings. The molecule has 5 atom stereocenters. The third-order valence-corrected chi connectivity index (χ3v) is 6.98. The molecule has 1 fully saturated rings. The standard InChI is InChI=1S/C28H39N7O10/c1-15-23(38)33-17(10-7-11-30-28(45)29-2)25(40)35(3)20(12-16-8-5-4-6-9-16)24(39)34-19(27(43)44)14-22(37)32-18(26(41)42)13-21(36)31-15/h4-6,8-9,15,17-20H,7,10-14H2,1-3H3,(H,31,36)(H,32,37)(H,33,38)(H,34,39)(H,41,42)(H,43,44)(H2,29,30,45)/t15-,17+,18+,19+,20+/m1/s1. The van der Waals surface area contributed by atoms with E-state index in [1.807, 2.05) is 0 Å². The Morgan fingerprint density at radius 1 is 0.867 bits per heavy atom. The van der Waals surface area contributed by atoms with Gasteiger partial charge in [-0.3, -0.25) is 24.0 Å². The molecule has 0 unspecified atom stereocenters. The summed E-state index contributed by atoms with van der Waals surface area (Å²) in [5.41, 5.74) is 0.615. The zero-order valence-electron chi connectivity index (χ0n) is 25.1. The number of urea groups is 1. The number of carboxylic acid groups (broad SMARTS) is 2. The number of aliphatic carboxylic acids is 2. The number of carbonyl (C=O) groups excluding carboxylic acids is 6. The number of carboxylic acids is 2. The molecule has 1 aliphatic heterocycles. The van der Waals surface area contributed by atoms with Gasteiger partial charge in [0, 0.05) is 27.1 Å². The van der Waals surface area contributed by atoms with Crippen LogP contribution < -0.4 is 31.9 Å². The Hall–Kier alpha value is -5.22. The van der Waals surface area contributed by atoms with Crippen molar-refractivity contribution in [3.05, 3.63) is 35.9 Å². The molecule has 0 spiro atoms. The van der Waals surface area contributed by atoms with E-state index in [4.69, 9.17) is 0 Å². The first kappa shape index (κ1) is 36.0. The fourth-order valence-corrected chi connectivity index (χ4v) is 4.45. The van der Waals surface area contributed by atoms with E-state index in [0.717, 1.165) is 4.90 Å². The maximum atomic E-state index is 13.8. The SMILES string of the molecule is CNC(=O)NCCC[C@@H]1NC(=O)[C@@H](C)NC(=O)C[C@@H](C(=O)O)NC(=O)C[C@@H](C(=O)O)NC(=O)[C@H](Cc2ccccc2)N(C)C1=O. The summed E-state index contributed by atoms with van der Waals surface area (Å²) in [6.07, 6.45) is -1.53. The van der Waals surface area contributed by atoms with Crippen LogP contribution in [0.5, 0.6) is 0 Å². The molecule has 0 aliphatic carbocycles. The summed E-state index contributed by atoms with van der Waals surface area (Å²) in [5.74, 6) is -7.64. The van der Waals surface area contributed by atoms with E-state index in [-0.39, 0.29) is 25.8 Å². The van der Waals surface area contributed by atoms with Crippen molar-refractivity contribution in [2.45, 2.75) is 69.2 Å². The molecule has 2 rings (SSSR count). The molecule has 0 radical (unpaired) electrons. The van der Waals surface area contributed by atoms with Gasteiger partial charge in [0.05, 0.1) is 12.8 Å². The van der Waals surface area contributed by atoms with Gasteiger partial charge in [-0.1, -0.05) is 30.3 Å². The van der Waals surface area contributed by atoms with E-state index in [1.54, 1.807) is 30.3 Å². The van der Waals surface area contributed by atoms with Crippen LogP contribution in [0.4, 0.5) is 4.79 Å². The van der Waals surface area contributed by atoms with Crippen molar-refractivity contribution in [2.75, 3.05) is 20.6 Å². The van der Waals surface area contributed by atoms with Crippen LogP contribution in [0.2, 0.25) is 0 Å². The number of likely N-dealkylation sites (N-methyl/N-ethyl adjacent to an activating group) is 1. The summed E-state index contributed by atoms with van der Waals surface area (Å²) in [4.78, 5) is 102. The summed E-state index contributed by atoms with van der Waals surface area (Å²) >= 11 is 0. The first-order valence-electron chi connectivity index (χ1n) is 14.1. The van der Waals surface area contributed by atoms with Crippen LogP contribution in [0.25, 0.3) is 0 Å². The largest absolute Gasteiger partial charge is 0.480 e. The molecule has 0 saturated carbocycles. The van der Waals surface area contributed by atoms with Crippen LogP contribution in [0.1, 0.15) is 38.2 Å². The highest BCUT2D eigenvalue weighted by Crippen LogP contribution is 2.13. The second-order valence-electron chi connectivity index (χ2n) is 10.4. The van der Waals surface area contributed by atoms with E-state index >= 15 is 0 Å². The molecule has 45 heavy (non-hydrogen) atoms. The lowest BCUT2D eigenvalue weighted by atomic mass is 10.0. The Kier molecular flexibility index (Phi) is 13.7. The van der Waals surface area contributed by atoms with Crippen molar-refractivity contribution in [1.82, 2.24) is 36.8 Å². The van der Waals surface area contributed by atoms with Crippen LogP contribution in [-0.2, 0) is 40.0 Å². The van der Waals surface area contributed by atoms with E-state index in [2.05, 4.69) is 31.9 Å². The lowest BCUT2D eigenvalue weighted by molar-refractivity contribution is -0.147. The maximum absolute atomic E-state index is 13.8. The Bertz CT molecular complexity index is 1280. The minimum Gasteiger partial charge on any atom is -0.480 e. The number of carbonyl (C=O) groups is 8. The Morgan fingerprint density at radius 2 is 1.44 bits per heavy atom. The lowest BCUT2D eigenvalue weighted by Crippen LogP contribution is -2.58. The number of nitrogens with one attached hydrogen (secondary N) is 6. The second-order valence-corrected chi connectivity index (χ2v) is 10.4. The molecule has 1 aromatic carbocycles. The molecule has 7 amide bonds. The fraction of sp³-hybridized carbons (Fsp3) is 0.500. The minimum absolute atomic E-state index is 0.00346. The monoisotopic (exact) mass is 633 g/mol. The molecule has 17 nitrogen and oxygen atoms in total. The average Bonchev–Trinajstić information content (AvgIpc) is 2.99. The number of rotatable bonds is 8. The van der Waals surface area contributed by atoms with Crippen molar-refractivity contribution < 1.29 is 48.6 Å². The summed E-state index contributed by atoms with van der Waals surface area (Å²) in [6.45, 7) is 1.43. The highest BCUT2D eigenvalue weighted by atomic mass is 16.4. The highest BCUT2D eigenvalue weighted by molar-refractivity contribution is 5.97. The molecule has 1 aliphatic rings. The van der Waals surface area contributed by atoms with Crippen LogP contribution in [-0.4, -0.2) is 113 Å². The highest BCUT2D eigenvalue weighted by Gasteiger charge is 2.36. The van der Waals surface area contributed by atoms with Gasteiger partial charge in [0.15, 0.2) is 0 Å². The molecule has 17 heteroatoms. The number of hydrogen-bond acceptors (Lipinski definition) is 8. The van der Waals surface area contributed by atoms with Gasteiger partial charge >= 0.3 is 18.0 Å².